The van der Waals surface area contributed by atoms with Gasteiger partial charge in [-0.3, -0.25) is 0 Å². The minimum atomic E-state index is -0.244. The predicted octanol–water partition coefficient (Wildman–Crippen LogP) is 3.52. The third-order valence-corrected chi connectivity index (χ3v) is 2.83. The van der Waals surface area contributed by atoms with Gasteiger partial charge >= 0.3 is 0 Å². The van der Waals surface area contributed by atoms with E-state index in [-0.39, 0.29) is 11.9 Å². The van der Waals surface area contributed by atoms with Crippen molar-refractivity contribution in [3.63, 3.8) is 0 Å². The van der Waals surface area contributed by atoms with Gasteiger partial charge in [0.1, 0.15) is 11.6 Å². The quantitative estimate of drug-likeness (QED) is 0.747. The summed E-state index contributed by atoms with van der Waals surface area (Å²) in [6, 6.07) is 4.55. The molecule has 1 aromatic carbocycles. The second-order valence-electron chi connectivity index (χ2n) is 3.60. The molecule has 4 heteroatoms. The van der Waals surface area contributed by atoms with Crippen molar-refractivity contribution >= 4 is 15.9 Å². The first-order valence-electron chi connectivity index (χ1n) is 5.17. The summed E-state index contributed by atoms with van der Waals surface area (Å²) in [7, 11) is 1.66. The van der Waals surface area contributed by atoms with Crippen molar-refractivity contribution in [3.05, 3.63) is 29.6 Å². The first kappa shape index (κ1) is 13.5. The Balaban J connectivity index is 2.65. The van der Waals surface area contributed by atoms with Crippen LogP contribution in [0.4, 0.5) is 4.39 Å². The molecule has 90 valence electrons. The Hall–Kier alpha value is -0.610. The molecular formula is C12H16BrFO2. The number of ether oxygens (including phenoxy) is 2. The van der Waals surface area contributed by atoms with Crippen LogP contribution >= 0.6 is 15.9 Å². The van der Waals surface area contributed by atoms with Gasteiger partial charge in [0.15, 0.2) is 0 Å². The maximum Gasteiger partial charge on any atom is 0.123 e. The SMILES string of the molecule is COCCC(C)Oc1ccc(F)cc1CBr. The summed E-state index contributed by atoms with van der Waals surface area (Å²) in [6.45, 7) is 2.63. The van der Waals surface area contributed by atoms with Crippen molar-refractivity contribution in [1.29, 1.82) is 0 Å². The lowest BCUT2D eigenvalue weighted by atomic mass is 10.2. The zero-order chi connectivity index (χ0) is 12.0. The van der Waals surface area contributed by atoms with Crippen molar-refractivity contribution in [3.8, 4) is 5.75 Å². The van der Waals surface area contributed by atoms with Crippen molar-refractivity contribution in [1.82, 2.24) is 0 Å². The zero-order valence-electron chi connectivity index (χ0n) is 9.50. The van der Waals surface area contributed by atoms with Gasteiger partial charge in [-0.15, -0.1) is 0 Å². The van der Waals surface area contributed by atoms with E-state index >= 15 is 0 Å². The number of methoxy groups -OCH3 is 1. The molecule has 0 spiro atoms. The van der Waals surface area contributed by atoms with E-state index < -0.39 is 0 Å². The average Bonchev–Trinajstić information content (AvgIpc) is 2.28. The fourth-order valence-corrected chi connectivity index (χ4v) is 1.77. The molecule has 0 radical (unpaired) electrons. The Bertz CT molecular complexity index is 331. The molecule has 0 amide bonds. The fourth-order valence-electron chi connectivity index (χ4n) is 1.33. The van der Waals surface area contributed by atoms with Crippen molar-refractivity contribution < 1.29 is 13.9 Å². The minimum Gasteiger partial charge on any atom is -0.490 e. The molecule has 1 unspecified atom stereocenters. The normalized spacial score (nSPS) is 12.5. The standard InChI is InChI=1S/C12H16BrFO2/c1-9(5-6-15-2)16-12-4-3-11(14)7-10(12)8-13/h3-4,7,9H,5-6,8H2,1-2H3. The Morgan fingerprint density at radius 2 is 2.19 bits per heavy atom. The van der Waals surface area contributed by atoms with E-state index in [0.29, 0.717) is 11.9 Å². The monoisotopic (exact) mass is 290 g/mol. The largest absolute Gasteiger partial charge is 0.490 e. The molecular weight excluding hydrogens is 275 g/mol. The Labute approximate surface area is 104 Å². The first-order chi connectivity index (χ1) is 7.67. The Kier molecular flexibility index (Phi) is 5.77. The smallest absolute Gasteiger partial charge is 0.123 e. The molecule has 0 fully saturated rings. The van der Waals surface area contributed by atoms with Gasteiger partial charge in [0.25, 0.3) is 0 Å². The molecule has 0 aromatic heterocycles. The van der Waals surface area contributed by atoms with Crippen LogP contribution in [0.15, 0.2) is 18.2 Å². The fraction of sp³-hybridized carbons (Fsp3) is 0.500. The van der Waals surface area contributed by atoms with Crippen molar-refractivity contribution in [2.75, 3.05) is 13.7 Å². The second-order valence-corrected chi connectivity index (χ2v) is 4.16. The first-order valence-corrected chi connectivity index (χ1v) is 6.29. The molecule has 1 rings (SSSR count). The van der Waals surface area contributed by atoms with Crippen LogP contribution in [0.5, 0.6) is 5.75 Å². The molecule has 0 aliphatic heterocycles. The van der Waals surface area contributed by atoms with Gasteiger partial charge in [-0.05, 0) is 25.1 Å². The van der Waals surface area contributed by atoms with E-state index in [0.717, 1.165) is 17.7 Å². The second kappa shape index (κ2) is 6.86. The summed E-state index contributed by atoms with van der Waals surface area (Å²) in [6.07, 6.45) is 0.874. The van der Waals surface area contributed by atoms with E-state index in [2.05, 4.69) is 15.9 Å². The lowest BCUT2D eigenvalue weighted by Crippen LogP contribution is -2.15. The average molecular weight is 291 g/mol. The molecule has 2 nitrogen and oxygen atoms in total. The highest BCUT2D eigenvalue weighted by Gasteiger charge is 2.08. The molecule has 1 aromatic rings. The van der Waals surface area contributed by atoms with Crippen LogP contribution in [0.2, 0.25) is 0 Å². The highest BCUT2D eigenvalue weighted by Crippen LogP contribution is 2.23. The van der Waals surface area contributed by atoms with Crippen LogP contribution in [-0.2, 0) is 10.1 Å². The Morgan fingerprint density at radius 1 is 1.44 bits per heavy atom. The lowest BCUT2D eigenvalue weighted by Gasteiger charge is -2.16. The number of halogens is 2. The molecule has 1 atom stereocenters. The van der Waals surface area contributed by atoms with Gasteiger partial charge in [-0.2, -0.15) is 0 Å². The van der Waals surface area contributed by atoms with Crippen LogP contribution in [-0.4, -0.2) is 19.8 Å². The molecule has 0 N–H and O–H groups in total. The van der Waals surface area contributed by atoms with Gasteiger partial charge in [0.05, 0.1) is 6.10 Å². The van der Waals surface area contributed by atoms with E-state index in [1.807, 2.05) is 6.92 Å². The summed E-state index contributed by atoms with van der Waals surface area (Å²) in [5.74, 6) is 0.480. The summed E-state index contributed by atoms with van der Waals surface area (Å²) < 4.78 is 23.7. The summed E-state index contributed by atoms with van der Waals surface area (Å²) in [5, 5.41) is 0.580. The highest BCUT2D eigenvalue weighted by atomic mass is 79.9. The number of hydrogen-bond donors (Lipinski definition) is 0. The summed E-state index contributed by atoms with van der Waals surface area (Å²) in [4.78, 5) is 0. The zero-order valence-corrected chi connectivity index (χ0v) is 11.1. The molecule has 0 bridgehead atoms. The van der Waals surface area contributed by atoms with Crippen molar-refractivity contribution in [2.45, 2.75) is 24.8 Å². The van der Waals surface area contributed by atoms with E-state index in [1.165, 1.54) is 12.1 Å². The van der Waals surface area contributed by atoms with Crippen LogP contribution in [0.25, 0.3) is 0 Å². The molecule has 0 aliphatic rings. The topological polar surface area (TPSA) is 18.5 Å². The van der Waals surface area contributed by atoms with Gasteiger partial charge in [0.2, 0.25) is 0 Å². The minimum absolute atomic E-state index is 0.0585. The molecule has 0 heterocycles. The van der Waals surface area contributed by atoms with Gasteiger partial charge in [-0.1, -0.05) is 15.9 Å². The van der Waals surface area contributed by atoms with Crippen LogP contribution in [0.3, 0.4) is 0 Å². The molecule has 16 heavy (non-hydrogen) atoms. The van der Waals surface area contributed by atoms with Crippen LogP contribution in [0.1, 0.15) is 18.9 Å². The third kappa shape index (κ3) is 4.10. The van der Waals surface area contributed by atoms with Gasteiger partial charge in [0, 0.05) is 31.0 Å². The number of alkyl halides is 1. The van der Waals surface area contributed by atoms with E-state index in [9.17, 15) is 4.39 Å². The van der Waals surface area contributed by atoms with Crippen LogP contribution in [0, 0.1) is 5.82 Å². The van der Waals surface area contributed by atoms with Crippen molar-refractivity contribution in [2.24, 2.45) is 0 Å². The number of hydrogen-bond acceptors (Lipinski definition) is 2. The predicted molar refractivity (Wildman–Crippen MR) is 65.6 cm³/mol. The van der Waals surface area contributed by atoms with E-state index in [4.69, 9.17) is 9.47 Å². The maximum absolute atomic E-state index is 13.0. The maximum atomic E-state index is 13.0. The summed E-state index contributed by atoms with van der Waals surface area (Å²) in [5.41, 5.74) is 0.823. The summed E-state index contributed by atoms with van der Waals surface area (Å²) >= 11 is 3.31. The van der Waals surface area contributed by atoms with Crippen LogP contribution < -0.4 is 4.74 Å². The molecule has 0 aliphatic carbocycles. The number of rotatable bonds is 6. The number of benzene rings is 1. The highest BCUT2D eigenvalue weighted by molar-refractivity contribution is 9.08. The Morgan fingerprint density at radius 3 is 2.81 bits per heavy atom. The van der Waals surface area contributed by atoms with Gasteiger partial charge in [-0.25, -0.2) is 4.39 Å². The molecule has 0 saturated heterocycles. The lowest BCUT2D eigenvalue weighted by molar-refractivity contribution is 0.134. The van der Waals surface area contributed by atoms with Gasteiger partial charge < -0.3 is 9.47 Å². The van der Waals surface area contributed by atoms with E-state index in [1.54, 1.807) is 13.2 Å². The molecule has 0 saturated carbocycles. The third-order valence-electron chi connectivity index (χ3n) is 2.22.